The van der Waals surface area contributed by atoms with Gasteiger partial charge in [-0.2, -0.15) is 0 Å². The molecule has 5 heteroatoms. The molecule has 1 aliphatic heterocycles. The second-order valence-electron chi connectivity index (χ2n) is 3.29. The molecule has 0 amide bonds. The summed E-state index contributed by atoms with van der Waals surface area (Å²) in [6.45, 7) is 0.806. The van der Waals surface area contributed by atoms with Crippen molar-refractivity contribution in [3.05, 3.63) is 39.9 Å². The molecule has 0 radical (unpaired) electrons. The highest BCUT2D eigenvalue weighted by Crippen LogP contribution is 2.26. The van der Waals surface area contributed by atoms with Crippen LogP contribution in [0.3, 0.4) is 0 Å². The topological polar surface area (TPSA) is 67.5 Å². The van der Waals surface area contributed by atoms with Gasteiger partial charge in [-0.15, -0.1) is 0 Å². The molecule has 15 heavy (non-hydrogen) atoms. The van der Waals surface area contributed by atoms with Crippen LogP contribution in [0.25, 0.3) is 0 Å². The summed E-state index contributed by atoms with van der Waals surface area (Å²) >= 11 is 0. The lowest BCUT2D eigenvalue weighted by molar-refractivity contribution is -0.385. The summed E-state index contributed by atoms with van der Waals surface area (Å²) in [6, 6.07) is 6.68. The standard InChI is InChI=1S/C10H11N3O2/c14-13(15)9-5-2-1-4-8(9)10-11-6-3-7-12-10/h1-2,4-6,10,12H,3,7H2. The van der Waals surface area contributed by atoms with Crippen molar-refractivity contribution in [2.24, 2.45) is 4.99 Å². The highest BCUT2D eigenvalue weighted by Gasteiger charge is 2.20. The fourth-order valence-corrected chi connectivity index (χ4v) is 1.59. The average Bonchev–Trinajstić information content (AvgIpc) is 2.30. The van der Waals surface area contributed by atoms with E-state index in [0.29, 0.717) is 5.56 Å². The first-order valence-corrected chi connectivity index (χ1v) is 4.77. The minimum absolute atomic E-state index is 0.119. The van der Waals surface area contributed by atoms with Crippen molar-refractivity contribution in [3.8, 4) is 0 Å². The van der Waals surface area contributed by atoms with E-state index in [4.69, 9.17) is 0 Å². The van der Waals surface area contributed by atoms with Crippen molar-refractivity contribution in [3.63, 3.8) is 0 Å². The third kappa shape index (κ3) is 2.02. The van der Waals surface area contributed by atoms with Gasteiger partial charge >= 0.3 is 0 Å². The predicted molar refractivity (Wildman–Crippen MR) is 56.9 cm³/mol. The second-order valence-corrected chi connectivity index (χ2v) is 3.29. The van der Waals surface area contributed by atoms with Crippen LogP contribution in [0.4, 0.5) is 5.69 Å². The number of nitrogens with zero attached hydrogens (tertiary/aromatic N) is 2. The molecule has 1 aromatic rings. The zero-order valence-electron chi connectivity index (χ0n) is 8.09. The van der Waals surface area contributed by atoms with E-state index >= 15 is 0 Å². The molecule has 0 fully saturated rings. The van der Waals surface area contributed by atoms with E-state index < -0.39 is 0 Å². The van der Waals surface area contributed by atoms with E-state index in [1.54, 1.807) is 24.4 Å². The molecule has 78 valence electrons. The molecule has 2 rings (SSSR count). The predicted octanol–water partition coefficient (Wildman–Crippen LogP) is 1.66. The maximum atomic E-state index is 10.8. The smallest absolute Gasteiger partial charge is 0.276 e. The Kier molecular flexibility index (Phi) is 2.73. The quantitative estimate of drug-likeness (QED) is 0.589. The van der Waals surface area contributed by atoms with Crippen molar-refractivity contribution >= 4 is 11.9 Å². The van der Waals surface area contributed by atoms with Gasteiger partial charge in [-0.25, -0.2) is 0 Å². The third-order valence-electron chi connectivity index (χ3n) is 2.29. The SMILES string of the molecule is O=[N+]([O-])c1ccccc1C1N=CCCN1. The largest absolute Gasteiger partial charge is 0.291 e. The van der Waals surface area contributed by atoms with Gasteiger partial charge in [0, 0.05) is 18.8 Å². The highest BCUT2D eigenvalue weighted by atomic mass is 16.6. The lowest BCUT2D eigenvalue weighted by Crippen LogP contribution is -2.25. The highest BCUT2D eigenvalue weighted by molar-refractivity contribution is 5.59. The molecule has 1 N–H and O–H groups in total. The number of nitro benzene ring substituents is 1. The van der Waals surface area contributed by atoms with Crippen LogP contribution >= 0.6 is 0 Å². The van der Waals surface area contributed by atoms with Gasteiger partial charge in [-0.05, 0) is 12.5 Å². The number of rotatable bonds is 2. The number of nitrogens with one attached hydrogen (secondary N) is 1. The van der Waals surface area contributed by atoms with Crippen LogP contribution in [0.1, 0.15) is 18.2 Å². The summed E-state index contributed by atoms with van der Waals surface area (Å²) < 4.78 is 0. The molecular weight excluding hydrogens is 194 g/mol. The van der Waals surface area contributed by atoms with Crippen LogP contribution in [0.2, 0.25) is 0 Å². The number of benzene rings is 1. The minimum Gasteiger partial charge on any atom is -0.291 e. The molecule has 1 atom stereocenters. The van der Waals surface area contributed by atoms with Gasteiger partial charge in [-0.3, -0.25) is 20.4 Å². The number of hydrogen-bond donors (Lipinski definition) is 1. The Hall–Kier alpha value is -1.75. The van der Waals surface area contributed by atoms with Crippen LogP contribution in [0, 0.1) is 10.1 Å². The minimum atomic E-state index is -0.374. The summed E-state index contributed by atoms with van der Waals surface area (Å²) in [5, 5.41) is 13.9. The molecule has 1 unspecified atom stereocenters. The van der Waals surface area contributed by atoms with Crippen molar-refractivity contribution in [2.75, 3.05) is 6.54 Å². The summed E-state index contributed by atoms with van der Waals surface area (Å²) in [5.74, 6) is 0. The Bertz CT molecular complexity index is 403. The molecule has 5 nitrogen and oxygen atoms in total. The van der Waals surface area contributed by atoms with Gasteiger partial charge in [0.1, 0.15) is 6.17 Å². The monoisotopic (exact) mass is 205 g/mol. The van der Waals surface area contributed by atoms with Gasteiger partial charge in [0.05, 0.1) is 10.5 Å². The summed E-state index contributed by atoms with van der Waals surface area (Å²) in [5.41, 5.74) is 0.743. The lowest BCUT2D eigenvalue weighted by atomic mass is 10.1. The fourth-order valence-electron chi connectivity index (χ4n) is 1.59. The van der Waals surface area contributed by atoms with Gasteiger partial charge in [0.15, 0.2) is 0 Å². The first-order chi connectivity index (χ1) is 7.29. The number of hydrogen-bond acceptors (Lipinski definition) is 4. The van der Waals surface area contributed by atoms with E-state index in [9.17, 15) is 10.1 Å². The molecular formula is C10H11N3O2. The lowest BCUT2D eigenvalue weighted by Gasteiger charge is -2.17. The zero-order chi connectivity index (χ0) is 10.7. The molecule has 1 heterocycles. The van der Waals surface area contributed by atoms with Gasteiger partial charge in [0.2, 0.25) is 0 Å². The third-order valence-corrected chi connectivity index (χ3v) is 2.29. The van der Waals surface area contributed by atoms with Crippen LogP contribution in [-0.2, 0) is 0 Å². The molecule has 0 bridgehead atoms. The summed E-state index contributed by atoms with van der Waals surface area (Å²) in [6.07, 6.45) is 2.40. The Balaban J connectivity index is 2.37. The molecule has 0 aromatic heterocycles. The first-order valence-electron chi connectivity index (χ1n) is 4.77. The Morgan fingerprint density at radius 2 is 2.27 bits per heavy atom. The Labute approximate surface area is 87.0 Å². The Morgan fingerprint density at radius 1 is 1.47 bits per heavy atom. The van der Waals surface area contributed by atoms with E-state index in [1.165, 1.54) is 6.07 Å². The van der Waals surface area contributed by atoms with Crippen molar-refractivity contribution in [2.45, 2.75) is 12.6 Å². The van der Waals surface area contributed by atoms with Crippen LogP contribution < -0.4 is 5.32 Å². The van der Waals surface area contributed by atoms with Gasteiger partial charge < -0.3 is 0 Å². The second kappa shape index (κ2) is 4.18. The number of aliphatic imine (C=N–C) groups is 1. The van der Waals surface area contributed by atoms with Crippen molar-refractivity contribution in [1.29, 1.82) is 0 Å². The van der Waals surface area contributed by atoms with Crippen LogP contribution in [-0.4, -0.2) is 17.7 Å². The van der Waals surface area contributed by atoms with Crippen LogP contribution in [0.5, 0.6) is 0 Å². The maximum absolute atomic E-state index is 10.8. The normalized spacial score (nSPS) is 20.1. The van der Waals surface area contributed by atoms with Crippen molar-refractivity contribution < 1.29 is 4.92 Å². The molecule has 0 saturated carbocycles. The number of nitro groups is 1. The fraction of sp³-hybridized carbons (Fsp3) is 0.300. The molecule has 1 aliphatic rings. The molecule has 1 aromatic carbocycles. The molecule has 0 aliphatic carbocycles. The molecule has 0 spiro atoms. The van der Waals surface area contributed by atoms with Gasteiger partial charge in [0.25, 0.3) is 5.69 Å². The summed E-state index contributed by atoms with van der Waals surface area (Å²) in [4.78, 5) is 14.6. The van der Waals surface area contributed by atoms with E-state index in [0.717, 1.165) is 13.0 Å². The number of para-hydroxylation sites is 1. The van der Waals surface area contributed by atoms with E-state index in [2.05, 4.69) is 10.3 Å². The zero-order valence-corrected chi connectivity index (χ0v) is 8.09. The Morgan fingerprint density at radius 3 is 2.93 bits per heavy atom. The summed E-state index contributed by atoms with van der Waals surface area (Å²) in [7, 11) is 0. The van der Waals surface area contributed by atoms with Crippen LogP contribution in [0.15, 0.2) is 29.3 Å². The average molecular weight is 205 g/mol. The molecule has 0 saturated heterocycles. The maximum Gasteiger partial charge on any atom is 0.276 e. The first kappa shape index (κ1) is 9.79. The van der Waals surface area contributed by atoms with Crippen molar-refractivity contribution in [1.82, 2.24) is 5.32 Å². The van der Waals surface area contributed by atoms with E-state index in [1.807, 2.05) is 0 Å². The van der Waals surface area contributed by atoms with Gasteiger partial charge in [-0.1, -0.05) is 12.1 Å². The van der Waals surface area contributed by atoms with E-state index in [-0.39, 0.29) is 16.8 Å².